The van der Waals surface area contributed by atoms with Gasteiger partial charge in [0, 0.05) is 38.0 Å². The molecule has 34 heavy (non-hydrogen) atoms. The number of rotatable bonds is 6. The first-order chi connectivity index (χ1) is 16.5. The molecule has 1 unspecified atom stereocenters. The van der Waals surface area contributed by atoms with Crippen LogP contribution in [0.5, 0.6) is 0 Å². The average Bonchev–Trinajstić information content (AvgIpc) is 3.35. The first kappa shape index (κ1) is 23.2. The van der Waals surface area contributed by atoms with Crippen molar-refractivity contribution < 1.29 is 9.59 Å². The van der Waals surface area contributed by atoms with E-state index in [1.807, 2.05) is 66.4 Å². The van der Waals surface area contributed by atoms with E-state index in [9.17, 15) is 9.59 Å². The van der Waals surface area contributed by atoms with Gasteiger partial charge in [0.1, 0.15) is 5.69 Å². The molecule has 7 nitrogen and oxygen atoms in total. The zero-order chi connectivity index (χ0) is 23.9. The molecule has 0 saturated carbocycles. The van der Waals surface area contributed by atoms with Gasteiger partial charge in [0.25, 0.3) is 0 Å². The molecule has 4 rings (SSSR count). The van der Waals surface area contributed by atoms with Gasteiger partial charge in [-0.15, -0.1) is 17.4 Å². The predicted octanol–water partition coefficient (Wildman–Crippen LogP) is 3.78. The SMILES string of the molecule is C#CCCCC(=O)N1CCN(C(=O)n2ncc(-c3ccc(C)cc3)n2)C(Cc2ccccc2)C1. The van der Waals surface area contributed by atoms with Crippen molar-refractivity contribution in [3.8, 4) is 23.6 Å². The molecule has 7 heteroatoms. The van der Waals surface area contributed by atoms with Gasteiger partial charge in [-0.05, 0) is 25.3 Å². The van der Waals surface area contributed by atoms with Crippen LogP contribution in [0.2, 0.25) is 0 Å². The normalized spacial score (nSPS) is 15.7. The monoisotopic (exact) mass is 455 g/mol. The van der Waals surface area contributed by atoms with Crippen LogP contribution in [-0.4, -0.2) is 62.4 Å². The summed E-state index contributed by atoms with van der Waals surface area (Å²) in [6, 6.07) is 17.5. The number of hydrogen-bond donors (Lipinski definition) is 0. The van der Waals surface area contributed by atoms with Crippen LogP contribution in [0.1, 0.15) is 30.4 Å². The molecule has 0 bridgehead atoms. The maximum atomic E-state index is 13.4. The summed E-state index contributed by atoms with van der Waals surface area (Å²) in [5, 5.41) is 8.70. The molecular formula is C27H29N5O2. The minimum absolute atomic E-state index is 0.0827. The van der Waals surface area contributed by atoms with E-state index in [1.165, 1.54) is 0 Å². The molecule has 1 aliphatic rings. The molecule has 1 aromatic heterocycles. The Morgan fingerprint density at radius 2 is 1.85 bits per heavy atom. The fourth-order valence-electron chi connectivity index (χ4n) is 4.22. The Balaban J connectivity index is 1.51. The molecule has 1 aliphatic heterocycles. The number of carbonyl (C=O) groups is 2. The maximum absolute atomic E-state index is 13.4. The molecule has 0 radical (unpaired) electrons. The lowest BCUT2D eigenvalue weighted by Gasteiger charge is -2.41. The van der Waals surface area contributed by atoms with E-state index in [4.69, 9.17) is 6.42 Å². The quantitative estimate of drug-likeness (QED) is 0.419. The Labute approximate surface area is 200 Å². The van der Waals surface area contributed by atoms with Crippen molar-refractivity contribution in [2.45, 2.75) is 38.6 Å². The Morgan fingerprint density at radius 3 is 2.59 bits per heavy atom. The van der Waals surface area contributed by atoms with Crippen LogP contribution in [0.25, 0.3) is 11.3 Å². The summed E-state index contributed by atoms with van der Waals surface area (Å²) in [6.07, 6.45) is 9.27. The lowest BCUT2D eigenvalue weighted by molar-refractivity contribution is -0.133. The summed E-state index contributed by atoms with van der Waals surface area (Å²) in [4.78, 5) is 31.0. The molecule has 2 amide bonds. The van der Waals surface area contributed by atoms with Crippen molar-refractivity contribution in [3.05, 3.63) is 71.9 Å². The molecule has 0 aliphatic carbocycles. The molecular weight excluding hydrogens is 426 g/mol. The van der Waals surface area contributed by atoms with Crippen molar-refractivity contribution in [2.75, 3.05) is 19.6 Å². The van der Waals surface area contributed by atoms with Crippen molar-refractivity contribution in [2.24, 2.45) is 0 Å². The Bertz CT molecular complexity index is 1160. The first-order valence-corrected chi connectivity index (χ1v) is 11.6. The van der Waals surface area contributed by atoms with Gasteiger partial charge in [0.15, 0.2) is 0 Å². The third-order valence-electron chi connectivity index (χ3n) is 6.12. The van der Waals surface area contributed by atoms with Crippen molar-refractivity contribution in [3.63, 3.8) is 0 Å². The smallest absolute Gasteiger partial charge is 0.339 e. The fourth-order valence-corrected chi connectivity index (χ4v) is 4.22. The van der Waals surface area contributed by atoms with Gasteiger partial charge in [0.05, 0.1) is 12.2 Å². The van der Waals surface area contributed by atoms with Gasteiger partial charge in [-0.2, -0.15) is 5.10 Å². The molecule has 0 spiro atoms. The second kappa shape index (κ2) is 10.8. The molecule has 0 N–H and O–H groups in total. The zero-order valence-electron chi connectivity index (χ0n) is 19.4. The van der Waals surface area contributed by atoms with Gasteiger partial charge in [-0.3, -0.25) is 4.79 Å². The third kappa shape index (κ3) is 5.52. The Kier molecular flexibility index (Phi) is 7.38. The molecule has 1 saturated heterocycles. The van der Waals surface area contributed by atoms with Gasteiger partial charge < -0.3 is 9.80 Å². The van der Waals surface area contributed by atoms with Crippen LogP contribution in [0.3, 0.4) is 0 Å². The molecule has 174 valence electrons. The lowest BCUT2D eigenvalue weighted by Crippen LogP contribution is -2.58. The number of aryl methyl sites for hydroxylation is 1. The van der Waals surface area contributed by atoms with E-state index >= 15 is 0 Å². The largest absolute Gasteiger partial charge is 0.362 e. The van der Waals surface area contributed by atoms with Crippen molar-refractivity contribution in [1.82, 2.24) is 24.8 Å². The molecule has 2 aromatic carbocycles. The Hall–Kier alpha value is -3.92. The van der Waals surface area contributed by atoms with Crippen LogP contribution in [0, 0.1) is 19.3 Å². The minimum atomic E-state index is -0.279. The van der Waals surface area contributed by atoms with Crippen LogP contribution in [0.15, 0.2) is 60.8 Å². The van der Waals surface area contributed by atoms with E-state index in [1.54, 1.807) is 11.1 Å². The van der Waals surface area contributed by atoms with Crippen LogP contribution >= 0.6 is 0 Å². The van der Waals surface area contributed by atoms with E-state index in [0.717, 1.165) is 21.5 Å². The van der Waals surface area contributed by atoms with Crippen LogP contribution < -0.4 is 0 Å². The van der Waals surface area contributed by atoms with E-state index in [0.29, 0.717) is 51.0 Å². The van der Waals surface area contributed by atoms with E-state index in [2.05, 4.69) is 16.1 Å². The standard InChI is InChI=1S/C27H29N5O2/c1-3-4-6-11-26(33)30-16-17-31(24(20-30)18-22-9-7-5-8-10-22)27(34)32-28-19-25(29-32)23-14-12-21(2)13-15-23/h1,5,7-10,12-15,19,24H,4,6,11,16-18,20H2,2H3. The summed E-state index contributed by atoms with van der Waals surface area (Å²) in [5.74, 6) is 2.67. The summed E-state index contributed by atoms with van der Waals surface area (Å²) in [5.41, 5.74) is 3.83. The molecule has 1 atom stereocenters. The number of nitrogens with zero attached hydrogens (tertiary/aromatic N) is 5. The summed E-state index contributed by atoms with van der Waals surface area (Å²) in [6.45, 7) is 3.41. The first-order valence-electron chi connectivity index (χ1n) is 11.6. The van der Waals surface area contributed by atoms with Gasteiger partial charge in [0.2, 0.25) is 5.91 Å². The number of hydrogen-bond acceptors (Lipinski definition) is 4. The maximum Gasteiger partial charge on any atom is 0.362 e. The van der Waals surface area contributed by atoms with Crippen LogP contribution in [-0.2, 0) is 11.2 Å². The number of amides is 2. The minimum Gasteiger partial charge on any atom is -0.339 e. The summed E-state index contributed by atoms with van der Waals surface area (Å²) in [7, 11) is 0. The van der Waals surface area contributed by atoms with Gasteiger partial charge in [-0.25, -0.2) is 4.79 Å². The van der Waals surface area contributed by atoms with Crippen molar-refractivity contribution >= 4 is 11.9 Å². The van der Waals surface area contributed by atoms with Crippen molar-refractivity contribution in [1.29, 1.82) is 0 Å². The zero-order valence-corrected chi connectivity index (χ0v) is 19.4. The number of unbranched alkanes of at least 4 members (excludes halogenated alkanes) is 1. The second-order valence-electron chi connectivity index (χ2n) is 8.60. The molecule has 1 fully saturated rings. The van der Waals surface area contributed by atoms with E-state index in [-0.39, 0.29) is 18.0 Å². The number of aromatic nitrogens is 3. The van der Waals surface area contributed by atoms with E-state index < -0.39 is 0 Å². The second-order valence-corrected chi connectivity index (χ2v) is 8.60. The molecule has 2 heterocycles. The number of carbonyl (C=O) groups excluding carboxylic acids is 2. The number of piperazine rings is 1. The number of terminal acetylenes is 1. The highest BCUT2D eigenvalue weighted by atomic mass is 16.2. The Morgan fingerprint density at radius 1 is 1.09 bits per heavy atom. The lowest BCUT2D eigenvalue weighted by atomic mass is 10.0. The topological polar surface area (TPSA) is 71.3 Å². The third-order valence-corrected chi connectivity index (χ3v) is 6.12. The predicted molar refractivity (Wildman–Crippen MR) is 131 cm³/mol. The number of benzene rings is 2. The summed E-state index contributed by atoms with van der Waals surface area (Å²) < 4.78 is 0. The fraction of sp³-hybridized carbons (Fsp3) is 0.333. The average molecular weight is 456 g/mol. The van der Waals surface area contributed by atoms with Gasteiger partial charge in [-0.1, -0.05) is 65.0 Å². The highest BCUT2D eigenvalue weighted by molar-refractivity contribution is 5.78. The van der Waals surface area contributed by atoms with Gasteiger partial charge >= 0.3 is 6.03 Å². The highest BCUT2D eigenvalue weighted by Crippen LogP contribution is 2.20. The van der Waals surface area contributed by atoms with Crippen LogP contribution in [0.4, 0.5) is 4.79 Å². The highest BCUT2D eigenvalue weighted by Gasteiger charge is 2.34. The summed E-state index contributed by atoms with van der Waals surface area (Å²) >= 11 is 0. The molecule has 3 aromatic rings.